The van der Waals surface area contributed by atoms with Crippen molar-refractivity contribution >= 4 is 32.5 Å². The Morgan fingerprint density at radius 1 is 1.19 bits per heavy atom. The molecule has 1 N–H and O–H groups in total. The van der Waals surface area contributed by atoms with Crippen molar-refractivity contribution in [2.75, 3.05) is 18.1 Å². The first-order valence-electron chi connectivity index (χ1n) is 8.97. The molecule has 2 aromatic carbocycles. The Labute approximate surface area is 158 Å². The second-order valence-corrected chi connectivity index (χ2v) is 9.22. The topological polar surface area (TPSA) is 89.5 Å². The molecule has 1 fully saturated rings. The molecule has 1 aliphatic rings. The maximum Gasteiger partial charge on any atom is 0.306 e. The Bertz CT molecular complexity index is 949. The van der Waals surface area contributed by atoms with Gasteiger partial charge in [0.1, 0.15) is 0 Å². The summed E-state index contributed by atoms with van der Waals surface area (Å²) < 4.78 is 27.9. The minimum atomic E-state index is -3.02. The fraction of sp³-hybridized carbons (Fsp3) is 0.400. The van der Waals surface area contributed by atoms with E-state index in [9.17, 15) is 18.0 Å². The van der Waals surface area contributed by atoms with Crippen molar-refractivity contribution in [1.29, 1.82) is 0 Å². The Morgan fingerprint density at radius 2 is 1.93 bits per heavy atom. The molecule has 1 saturated heterocycles. The molecule has 6 nitrogen and oxygen atoms in total. The quantitative estimate of drug-likeness (QED) is 0.766. The zero-order valence-electron chi connectivity index (χ0n) is 15.2. The Morgan fingerprint density at radius 3 is 2.67 bits per heavy atom. The van der Waals surface area contributed by atoms with E-state index >= 15 is 0 Å². The third kappa shape index (κ3) is 5.07. The molecule has 0 radical (unpaired) electrons. The van der Waals surface area contributed by atoms with Gasteiger partial charge in [-0.3, -0.25) is 9.59 Å². The number of hydrogen-bond acceptors (Lipinski definition) is 5. The molecular weight excluding hydrogens is 366 g/mol. The summed E-state index contributed by atoms with van der Waals surface area (Å²) in [6.45, 7) is 1.51. The molecule has 0 aromatic heterocycles. The molecule has 0 aliphatic carbocycles. The number of sulfone groups is 1. The summed E-state index contributed by atoms with van der Waals surface area (Å²) in [4.78, 5) is 24.0. The first kappa shape index (κ1) is 19.4. The average molecular weight is 389 g/mol. The van der Waals surface area contributed by atoms with Gasteiger partial charge in [-0.25, -0.2) is 8.42 Å². The van der Waals surface area contributed by atoms with E-state index in [0.29, 0.717) is 6.42 Å². The van der Waals surface area contributed by atoms with Crippen molar-refractivity contribution in [3.63, 3.8) is 0 Å². The highest BCUT2D eigenvalue weighted by molar-refractivity contribution is 7.91. The number of hydrogen-bond donors (Lipinski definition) is 1. The van der Waals surface area contributed by atoms with Crippen LogP contribution in [-0.4, -0.2) is 38.4 Å². The number of amides is 1. The van der Waals surface area contributed by atoms with Crippen LogP contribution in [0.5, 0.6) is 0 Å². The van der Waals surface area contributed by atoms with E-state index in [4.69, 9.17) is 4.74 Å². The molecule has 27 heavy (non-hydrogen) atoms. The molecular formula is C20H23NO5S. The van der Waals surface area contributed by atoms with Crippen molar-refractivity contribution in [1.82, 2.24) is 5.32 Å². The van der Waals surface area contributed by atoms with Gasteiger partial charge in [0.2, 0.25) is 0 Å². The fourth-order valence-electron chi connectivity index (χ4n) is 3.46. The highest BCUT2D eigenvalue weighted by atomic mass is 32.2. The number of carbonyl (C=O) groups is 2. The number of benzene rings is 2. The highest BCUT2D eigenvalue weighted by Crippen LogP contribution is 2.24. The van der Waals surface area contributed by atoms with E-state index in [2.05, 4.69) is 5.32 Å². The molecule has 144 valence electrons. The standard InChI is InChI=1S/C20H23NO5S/c1-14(17-8-4-6-16-5-2-3-7-18(16)17)21-19(22)12-26-20(23)11-15-9-10-27(24,25)13-15/h2-8,14-15H,9-13H2,1H3,(H,21,22)/t14-,15-/m0/s1. The van der Waals surface area contributed by atoms with E-state index in [1.165, 1.54) is 0 Å². The van der Waals surface area contributed by atoms with Crippen LogP contribution in [0, 0.1) is 5.92 Å². The molecule has 2 atom stereocenters. The van der Waals surface area contributed by atoms with Gasteiger partial charge in [0.05, 0.1) is 17.5 Å². The normalized spacial score (nSPS) is 19.5. The van der Waals surface area contributed by atoms with Crippen LogP contribution in [0.1, 0.15) is 31.4 Å². The number of nitrogens with one attached hydrogen (secondary N) is 1. The maximum absolute atomic E-state index is 12.1. The molecule has 7 heteroatoms. The molecule has 2 aromatic rings. The monoisotopic (exact) mass is 389 g/mol. The Kier molecular flexibility index (Phi) is 5.79. The van der Waals surface area contributed by atoms with E-state index in [-0.39, 0.29) is 42.4 Å². The number of ether oxygens (including phenoxy) is 1. The lowest BCUT2D eigenvalue weighted by atomic mass is 10.00. The van der Waals surface area contributed by atoms with E-state index in [0.717, 1.165) is 16.3 Å². The van der Waals surface area contributed by atoms with Crippen LogP contribution in [0.2, 0.25) is 0 Å². The number of fused-ring (bicyclic) bond motifs is 1. The summed E-state index contributed by atoms with van der Waals surface area (Å²) in [5.41, 5.74) is 0.990. The lowest BCUT2D eigenvalue weighted by molar-refractivity contribution is -0.149. The van der Waals surface area contributed by atoms with Gasteiger partial charge < -0.3 is 10.1 Å². The van der Waals surface area contributed by atoms with Crippen molar-refractivity contribution in [2.24, 2.45) is 5.92 Å². The van der Waals surface area contributed by atoms with Crippen LogP contribution >= 0.6 is 0 Å². The summed E-state index contributed by atoms with van der Waals surface area (Å²) in [6.07, 6.45) is 0.507. The van der Waals surface area contributed by atoms with Gasteiger partial charge in [-0.05, 0) is 35.6 Å². The Balaban J connectivity index is 1.51. The molecule has 0 spiro atoms. The first-order valence-corrected chi connectivity index (χ1v) is 10.8. The van der Waals surface area contributed by atoms with Gasteiger partial charge in [-0.2, -0.15) is 0 Å². The van der Waals surface area contributed by atoms with E-state index in [1.54, 1.807) is 0 Å². The number of carbonyl (C=O) groups excluding carboxylic acids is 2. The predicted octanol–water partition coefficient (Wildman–Crippen LogP) is 2.39. The highest BCUT2D eigenvalue weighted by Gasteiger charge is 2.30. The lowest BCUT2D eigenvalue weighted by Gasteiger charge is -2.17. The second kappa shape index (κ2) is 8.08. The summed E-state index contributed by atoms with van der Waals surface area (Å²) in [7, 11) is -3.02. The van der Waals surface area contributed by atoms with Crippen molar-refractivity contribution in [2.45, 2.75) is 25.8 Å². The summed E-state index contributed by atoms with van der Waals surface area (Å²) in [6, 6.07) is 13.6. The van der Waals surface area contributed by atoms with E-state index in [1.807, 2.05) is 49.4 Å². The van der Waals surface area contributed by atoms with Gasteiger partial charge in [-0.15, -0.1) is 0 Å². The van der Waals surface area contributed by atoms with Gasteiger partial charge in [0, 0.05) is 6.42 Å². The Hall–Kier alpha value is -2.41. The number of rotatable bonds is 6. The van der Waals surface area contributed by atoms with E-state index < -0.39 is 15.8 Å². The van der Waals surface area contributed by atoms with Gasteiger partial charge in [0.25, 0.3) is 5.91 Å². The van der Waals surface area contributed by atoms with Crippen LogP contribution in [0.25, 0.3) is 10.8 Å². The van der Waals surface area contributed by atoms with Crippen LogP contribution in [-0.2, 0) is 24.2 Å². The van der Waals surface area contributed by atoms with Crippen LogP contribution < -0.4 is 5.32 Å². The fourth-order valence-corrected chi connectivity index (χ4v) is 5.32. The summed E-state index contributed by atoms with van der Waals surface area (Å²) in [5, 5.41) is 4.99. The molecule has 1 amide bonds. The molecule has 1 heterocycles. The summed E-state index contributed by atoms with van der Waals surface area (Å²) >= 11 is 0. The van der Waals surface area contributed by atoms with Crippen molar-refractivity contribution in [3.8, 4) is 0 Å². The predicted molar refractivity (Wildman–Crippen MR) is 103 cm³/mol. The van der Waals surface area contributed by atoms with Gasteiger partial charge in [0.15, 0.2) is 16.4 Å². The zero-order chi connectivity index (χ0) is 19.4. The SMILES string of the molecule is C[C@H](NC(=O)COC(=O)C[C@@H]1CCS(=O)(=O)C1)c1cccc2ccccc12. The molecule has 1 aliphatic heterocycles. The number of esters is 1. The molecule has 0 saturated carbocycles. The van der Waals surface area contributed by atoms with Crippen molar-refractivity contribution < 1.29 is 22.7 Å². The third-order valence-electron chi connectivity index (χ3n) is 4.81. The third-order valence-corrected chi connectivity index (χ3v) is 6.65. The van der Waals surface area contributed by atoms with Gasteiger partial charge >= 0.3 is 5.97 Å². The molecule has 3 rings (SSSR count). The minimum absolute atomic E-state index is 0.0202. The van der Waals surface area contributed by atoms with Crippen LogP contribution in [0.4, 0.5) is 0 Å². The van der Waals surface area contributed by atoms with Crippen LogP contribution in [0.15, 0.2) is 42.5 Å². The zero-order valence-corrected chi connectivity index (χ0v) is 16.0. The largest absolute Gasteiger partial charge is 0.456 e. The van der Waals surface area contributed by atoms with Crippen molar-refractivity contribution in [3.05, 3.63) is 48.0 Å². The summed E-state index contributed by atoms with van der Waals surface area (Å²) in [5.74, 6) is -0.992. The second-order valence-electron chi connectivity index (χ2n) is 6.99. The smallest absolute Gasteiger partial charge is 0.306 e. The average Bonchev–Trinajstić information content (AvgIpc) is 2.97. The molecule has 0 bridgehead atoms. The molecule has 0 unspecified atom stereocenters. The first-order chi connectivity index (χ1) is 12.8. The van der Waals surface area contributed by atoms with Gasteiger partial charge in [-0.1, -0.05) is 42.5 Å². The minimum Gasteiger partial charge on any atom is -0.456 e. The lowest BCUT2D eigenvalue weighted by Crippen LogP contribution is -2.31. The maximum atomic E-state index is 12.1. The van der Waals surface area contributed by atoms with Crippen LogP contribution in [0.3, 0.4) is 0 Å².